The summed E-state index contributed by atoms with van der Waals surface area (Å²) in [6.45, 7) is 11.7. The summed E-state index contributed by atoms with van der Waals surface area (Å²) in [6.07, 6.45) is 7.33. The highest BCUT2D eigenvalue weighted by molar-refractivity contribution is 6.78. The highest BCUT2D eigenvalue weighted by atomic mass is 28.3. The van der Waals surface area contributed by atoms with Gasteiger partial charge in [0.1, 0.15) is 0 Å². The average Bonchev–Trinajstić information content (AvgIpc) is 2.97. The highest BCUT2D eigenvalue weighted by Crippen LogP contribution is 2.40. The molecule has 1 aliphatic rings. The van der Waals surface area contributed by atoms with Gasteiger partial charge in [-0.1, -0.05) is 97.5 Å². The van der Waals surface area contributed by atoms with Crippen molar-refractivity contribution in [2.75, 3.05) is 0 Å². The van der Waals surface area contributed by atoms with Crippen molar-refractivity contribution in [3.63, 3.8) is 0 Å². The summed E-state index contributed by atoms with van der Waals surface area (Å²) in [5.74, 6) is 0.336. The van der Waals surface area contributed by atoms with Crippen LogP contribution in [0.1, 0.15) is 28.2 Å². The van der Waals surface area contributed by atoms with Crippen molar-refractivity contribution in [2.24, 2.45) is 0 Å². The van der Waals surface area contributed by atoms with Crippen molar-refractivity contribution >= 4 is 8.07 Å². The Morgan fingerprint density at radius 2 is 1.38 bits per heavy atom. The average molecular weight is 333 g/mol. The minimum atomic E-state index is -1.20. The first-order valence-electron chi connectivity index (χ1n) is 8.87. The van der Waals surface area contributed by atoms with Gasteiger partial charge in [0.15, 0.2) is 0 Å². The maximum atomic E-state index is 2.53. The third kappa shape index (κ3) is 3.62. The third-order valence-corrected chi connectivity index (χ3v) is 7.31. The van der Waals surface area contributed by atoms with Crippen LogP contribution in [0.25, 0.3) is 0 Å². The Bertz CT molecular complexity index is 744. The van der Waals surface area contributed by atoms with E-state index in [4.69, 9.17) is 0 Å². The summed E-state index contributed by atoms with van der Waals surface area (Å²) in [5, 5.41) is 0. The molecule has 0 radical (unpaired) electrons. The quantitative estimate of drug-likeness (QED) is 0.550. The van der Waals surface area contributed by atoms with E-state index in [1.807, 2.05) is 0 Å². The van der Waals surface area contributed by atoms with E-state index < -0.39 is 8.07 Å². The summed E-state index contributed by atoms with van der Waals surface area (Å²) in [5.41, 5.74) is 7.55. The molecule has 0 saturated carbocycles. The minimum absolute atomic E-state index is 0.336. The lowest BCUT2D eigenvalue weighted by Gasteiger charge is -2.23. The van der Waals surface area contributed by atoms with E-state index in [2.05, 4.69) is 100 Å². The summed E-state index contributed by atoms with van der Waals surface area (Å²) < 4.78 is 0. The molecular formula is C23H28Si. The van der Waals surface area contributed by atoms with Crippen molar-refractivity contribution < 1.29 is 0 Å². The number of allylic oxidation sites excluding steroid dienone is 4. The fourth-order valence-electron chi connectivity index (χ4n) is 3.54. The van der Waals surface area contributed by atoms with Crippen LogP contribution in [0.5, 0.6) is 0 Å². The third-order valence-electron chi connectivity index (χ3n) is 4.95. The number of rotatable bonds is 4. The Hall–Kier alpha value is -1.86. The predicted octanol–water partition coefficient (Wildman–Crippen LogP) is 6.64. The lowest BCUT2D eigenvalue weighted by Crippen LogP contribution is -2.24. The van der Waals surface area contributed by atoms with Crippen LogP contribution in [0.15, 0.2) is 72.3 Å². The van der Waals surface area contributed by atoms with E-state index >= 15 is 0 Å². The van der Waals surface area contributed by atoms with Gasteiger partial charge in [0.2, 0.25) is 0 Å². The van der Waals surface area contributed by atoms with E-state index in [0.717, 1.165) is 0 Å². The topological polar surface area (TPSA) is 0 Å². The summed E-state index contributed by atoms with van der Waals surface area (Å²) in [7, 11) is -1.20. The molecule has 2 aromatic rings. The number of hydrogen-bond acceptors (Lipinski definition) is 0. The van der Waals surface area contributed by atoms with E-state index in [0.29, 0.717) is 11.5 Å². The zero-order valence-electron chi connectivity index (χ0n) is 15.5. The van der Waals surface area contributed by atoms with Crippen molar-refractivity contribution in [3.8, 4) is 0 Å². The molecule has 0 aliphatic heterocycles. The van der Waals surface area contributed by atoms with Gasteiger partial charge >= 0.3 is 0 Å². The van der Waals surface area contributed by atoms with Gasteiger partial charge in [0.25, 0.3) is 0 Å². The summed E-state index contributed by atoms with van der Waals surface area (Å²) in [6, 6.07) is 18.0. The van der Waals surface area contributed by atoms with Crippen LogP contribution in [0.4, 0.5) is 0 Å². The van der Waals surface area contributed by atoms with E-state index in [9.17, 15) is 0 Å². The van der Waals surface area contributed by atoms with Gasteiger partial charge in [0, 0.05) is 5.92 Å². The van der Waals surface area contributed by atoms with Crippen molar-refractivity contribution in [1.29, 1.82) is 0 Å². The van der Waals surface area contributed by atoms with Crippen LogP contribution in [0.2, 0.25) is 25.2 Å². The van der Waals surface area contributed by atoms with Gasteiger partial charge in [-0.25, -0.2) is 0 Å². The molecule has 124 valence electrons. The van der Waals surface area contributed by atoms with E-state index in [1.54, 1.807) is 0 Å². The second-order valence-electron chi connectivity index (χ2n) is 8.18. The first-order chi connectivity index (χ1) is 11.3. The van der Waals surface area contributed by atoms with Crippen molar-refractivity contribution in [2.45, 2.75) is 44.9 Å². The molecular weight excluding hydrogens is 304 g/mol. The normalized spacial score (nSPS) is 17.4. The summed E-state index contributed by atoms with van der Waals surface area (Å²) >= 11 is 0. The lowest BCUT2D eigenvalue weighted by atomic mass is 9.84. The van der Waals surface area contributed by atoms with Crippen molar-refractivity contribution in [1.82, 2.24) is 0 Å². The molecule has 0 N–H and O–H groups in total. The van der Waals surface area contributed by atoms with E-state index in [-0.39, 0.29) is 0 Å². The molecule has 0 aromatic heterocycles. The molecule has 0 fully saturated rings. The molecule has 0 heterocycles. The zero-order chi connectivity index (χ0) is 17.3. The van der Waals surface area contributed by atoms with Crippen molar-refractivity contribution in [3.05, 3.63) is 94.6 Å². The fourth-order valence-corrected chi connectivity index (χ4v) is 4.91. The molecule has 1 atom stereocenters. The van der Waals surface area contributed by atoms with E-state index in [1.165, 1.54) is 27.8 Å². The zero-order valence-corrected chi connectivity index (χ0v) is 16.5. The van der Waals surface area contributed by atoms with Gasteiger partial charge in [-0.3, -0.25) is 0 Å². The van der Waals surface area contributed by atoms with Gasteiger partial charge in [-0.05, 0) is 36.1 Å². The predicted molar refractivity (Wildman–Crippen MR) is 109 cm³/mol. The molecule has 0 amide bonds. The Morgan fingerprint density at radius 1 is 0.833 bits per heavy atom. The second kappa shape index (κ2) is 6.56. The molecule has 1 unspecified atom stereocenters. The molecule has 0 spiro atoms. The summed E-state index contributed by atoms with van der Waals surface area (Å²) in [4.78, 5) is 0. The highest BCUT2D eigenvalue weighted by Gasteiger charge is 2.28. The molecule has 0 saturated heterocycles. The van der Waals surface area contributed by atoms with Gasteiger partial charge < -0.3 is 0 Å². The van der Waals surface area contributed by atoms with Crippen LogP contribution in [-0.2, 0) is 0 Å². The van der Waals surface area contributed by atoms with Crippen LogP contribution in [-0.4, -0.2) is 8.07 Å². The lowest BCUT2D eigenvalue weighted by molar-refractivity contribution is 0.971. The monoisotopic (exact) mass is 332 g/mol. The first-order valence-corrected chi connectivity index (χ1v) is 12.5. The molecule has 0 nitrogen and oxygen atoms in total. The molecule has 1 heteroatoms. The van der Waals surface area contributed by atoms with Gasteiger partial charge in [-0.2, -0.15) is 0 Å². The van der Waals surface area contributed by atoms with Crippen LogP contribution in [0.3, 0.4) is 0 Å². The second-order valence-corrected chi connectivity index (χ2v) is 13.6. The maximum absolute atomic E-state index is 2.53. The fraction of sp³-hybridized carbons (Fsp3) is 0.304. The van der Waals surface area contributed by atoms with Gasteiger partial charge in [-0.15, -0.1) is 0 Å². The molecule has 3 rings (SSSR count). The Kier molecular flexibility index (Phi) is 4.64. The Balaban J connectivity index is 2.09. The SMILES string of the molecule is Cc1cccc(C(C2=CC([Si](C)(C)C)C=C2)c2cccc(C)c2)c1. The van der Waals surface area contributed by atoms with Crippen LogP contribution < -0.4 is 0 Å². The van der Waals surface area contributed by atoms with Crippen LogP contribution in [0, 0.1) is 13.8 Å². The smallest absolute Gasteiger partial charge is 0.0558 e. The molecule has 0 bridgehead atoms. The minimum Gasteiger partial charge on any atom is -0.0800 e. The Morgan fingerprint density at radius 3 is 1.79 bits per heavy atom. The standard InChI is InChI=1S/C23H28Si/c1-17-8-6-10-19(14-17)23(20-11-7-9-18(2)15-20)21-12-13-22(16-21)24(3,4)5/h6-16,22-23H,1-5H3. The first kappa shape index (κ1) is 17.0. The molecule has 1 aliphatic carbocycles. The van der Waals surface area contributed by atoms with Gasteiger partial charge in [0.05, 0.1) is 8.07 Å². The molecule has 24 heavy (non-hydrogen) atoms. The molecule has 2 aromatic carbocycles. The van der Waals surface area contributed by atoms with Crippen LogP contribution >= 0.6 is 0 Å². The number of hydrogen-bond donors (Lipinski definition) is 0. The Labute approximate surface area is 147 Å². The number of benzene rings is 2. The largest absolute Gasteiger partial charge is 0.0800 e. The maximum Gasteiger partial charge on any atom is 0.0558 e. The number of aryl methyl sites for hydroxylation is 2.